The van der Waals surface area contributed by atoms with Gasteiger partial charge in [-0.05, 0) is 118 Å². The second-order valence-corrected chi connectivity index (χ2v) is 17.3. The third-order valence-electron chi connectivity index (χ3n) is 11.8. The highest BCUT2D eigenvalue weighted by atomic mass is 14.1. The van der Waals surface area contributed by atoms with Gasteiger partial charge in [-0.3, -0.25) is 0 Å². The van der Waals surface area contributed by atoms with Gasteiger partial charge in [0.05, 0.1) is 0 Å². The minimum atomic E-state index is 1.26. The van der Waals surface area contributed by atoms with E-state index < -0.39 is 0 Å². The van der Waals surface area contributed by atoms with Crippen LogP contribution >= 0.6 is 0 Å². The summed E-state index contributed by atoms with van der Waals surface area (Å²) in [5.41, 5.74) is 19.4. The number of aryl methyl sites for hydroxylation is 5. The van der Waals surface area contributed by atoms with Crippen molar-refractivity contribution < 1.29 is 0 Å². The molecule has 69 heavy (non-hydrogen) atoms. The first-order chi connectivity index (χ1) is 33.8. The summed E-state index contributed by atoms with van der Waals surface area (Å²) in [6.45, 7) is 10.6. The Morgan fingerprint density at radius 3 is 1.03 bits per heavy atom. The van der Waals surface area contributed by atoms with E-state index in [1.165, 1.54) is 94.2 Å². The molecule has 0 N–H and O–H groups in total. The van der Waals surface area contributed by atoms with Gasteiger partial charge >= 0.3 is 0 Å². The predicted molar refractivity (Wildman–Crippen MR) is 301 cm³/mol. The number of benzene rings is 11. The van der Waals surface area contributed by atoms with E-state index in [1.54, 1.807) is 0 Å². The maximum absolute atomic E-state index is 2.25. The zero-order chi connectivity index (χ0) is 48.0. The van der Waals surface area contributed by atoms with Crippen molar-refractivity contribution in [3.63, 3.8) is 0 Å². The fourth-order valence-electron chi connectivity index (χ4n) is 8.07. The molecule has 0 spiro atoms. The van der Waals surface area contributed by atoms with Crippen LogP contribution in [0.15, 0.2) is 285 Å². The van der Waals surface area contributed by atoms with Gasteiger partial charge in [0.15, 0.2) is 0 Å². The summed E-state index contributed by atoms with van der Waals surface area (Å²) in [5, 5.41) is 2.68. The molecule has 0 atom stereocenters. The van der Waals surface area contributed by atoms with Crippen molar-refractivity contribution in [2.24, 2.45) is 0 Å². The largest absolute Gasteiger partial charge is 0.0622 e. The molecule has 11 rings (SSSR count). The molecule has 0 heteroatoms. The minimum Gasteiger partial charge on any atom is -0.0622 e. The molecule has 0 radical (unpaired) electrons. The zero-order valence-corrected chi connectivity index (χ0v) is 40.6. The Morgan fingerprint density at radius 2 is 0.522 bits per heavy atom. The molecule has 0 heterocycles. The number of rotatable bonds is 5. The summed E-state index contributed by atoms with van der Waals surface area (Å²) in [6.07, 6.45) is 0. The van der Waals surface area contributed by atoms with Crippen molar-refractivity contribution in [3.05, 3.63) is 313 Å². The predicted octanol–water partition coefficient (Wildman–Crippen LogP) is 19.5. The van der Waals surface area contributed by atoms with Gasteiger partial charge in [-0.15, -0.1) is 0 Å². The van der Waals surface area contributed by atoms with Crippen molar-refractivity contribution in [3.8, 4) is 55.6 Å². The highest BCUT2D eigenvalue weighted by molar-refractivity contribution is 5.85. The molecule has 0 unspecified atom stereocenters. The summed E-state index contributed by atoms with van der Waals surface area (Å²) < 4.78 is 0. The van der Waals surface area contributed by atoms with Crippen LogP contribution in [0.4, 0.5) is 0 Å². The molecule has 11 aromatic rings. The molecule has 0 aliphatic heterocycles. The second kappa shape index (κ2) is 25.6. The number of fused-ring (bicyclic) bond motifs is 1. The van der Waals surface area contributed by atoms with Gasteiger partial charge in [0.1, 0.15) is 0 Å². The molecule has 11 aromatic carbocycles. The minimum absolute atomic E-state index is 1.26. The molecule has 0 aromatic heterocycles. The molecule has 0 bridgehead atoms. The van der Waals surface area contributed by atoms with E-state index in [0.717, 1.165) is 0 Å². The van der Waals surface area contributed by atoms with Crippen LogP contribution < -0.4 is 0 Å². The Kier molecular flexibility index (Phi) is 18.0. The van der Waals surface area contributed by atoms with E-state index >= 15 is 0 Å². The SMILES string of the molecule is Cc1ccc(-c2ccccc2)cc1.Cc1cccc(-c2cccc(-c3ccccc3)c2)c1.Cc1cccc(-c2ccccc2)c1.Cc1cccc2ccccc12.Cc1ccccc1-c1ccccc1. The first-order valence-corrected chi connectivity index (χ1v) is 23.8. The lowest BCUT2D eigenvalue weighted by Gasteiger charge is -2.06. The van der Waals surface area contributed by atoms with Gasteiger partial charge in [-0.25, -0.2) is 0 Å². The van der Waals surface area contributed by atoms with Gasteiger partial charge < -0.3 is 0 Å². The summed E-state index contributed by atoms with van der Waals surface area (Å²) in [6, 6.07) is 99.6. The van der Waals surface area contributed by atoms with E-state index in [-0.39, 0.29) is 0 Å². The van der Waals surface area contributed by atoms with Gasteiger partial charge in [-0.2, -0.15) is 0 Å². The topological polar surface area (TPSA) is 0 Å². The van der Waals surface area contributed by atoms with Crippen molar-refractivity contribution >= 4 is 10.8 Å². The van der Waals surface area contributed by atoms with Crippen molar-refractivity contribution in [2.75, 3.05) is 0 Å². The summed E-state index contributed by atoms with van der Waals surface area (Å²) in [7, 11) is 0. The average molecular weight is 891 g/mol. The fraction of sp³-hybridized carbons (Fsp3) is 0.0725. The van der Waals surface area contributed by atoms with Crippen LogP contribution in [-0.4, -0.2) is 0 Å². The molecule has 338 valence electrons. The molecule has 0 saturated carbocycles. The first kappa shape index (κ1) is 48.6. The Bertz CT molecular complexity index is 3220. The molecule has 0 aliphatic carbocycles. The smallest absolute Gasteiger partial charge is 0.0155 e. The van der Waals surface area contributed by atoms with Crippen LogP contribution in [0.5, 0.6) is 0 Å². The molecule has 0 aliphatic rings. The van der Waals surface area contributed by atoms with Crippen LogP contribution in [0.25, 0.3) is 66.4 Å². The van der Waals surface area contributed by atoms with Crippen LogP contribution in [0, 0.1) is 34.6 Å². The Hall–Kier alpha value is -8.32. The van der Waals surface area contributed by atoms with Crippen LogP contribution in [0.2, 0.25) is 0 Å². The zero-order valence-electron chi connectivity index (χ0n) is 40.6. The van der Waals surface area contributed by atoms with E-state index in [4.69, 9.17) is 0 Å². The molecular weight excluding hydrogens is 829 g/mol. The molecule has 0 fully saturated rings. The monoisotopic (exact) mass is 890 g/mol. The van der Waals surface area contributed by atoms with Crippen molar-refractivity contribution in [1.82, 2.24) is 0 Å². The third-order valence-corrected chi connectivity index (χ3v) is 11.8. The van der Waals surface area contributed by atoms with E-state index in [0.29, 0.717) is 0 Å². The highest BCUT2D eigenvalue weighted by Crippen LogP contribution is 2.27. The molecule has 0 saturated heterocycles. The van der Waals surface area contributed by atoms with Gasteiger partial charge in [-0.1, -0.05) is 296 Å². The highest BCUT2D eigenvalue weighted by Gasteiger charge is 2.02. The Morgan fingerprint density at radius 1 is 0.188 bits per heavy atom. The van der Waals surface area contributed by atoms with Crippen molar-refractivity contribution in [2.45, 2.75) is 34.6 Å². The maximum atomic E-state index is 2.25. The maximum Gasteiger partial charge on any atom is -0.0155 e. The van der Waals surface area contributed by atoms with E-state index in [1.807, 2.05) is 24.3 Å². The molecule has 0 amide bonds. The average Bonchev–Trinajstić information content (AvgIpc) is 3.41. The van der Waals surface area contributed by atoms with E-state index in [9.17, 15) is 0 Å². The Labute approximate surface area is 411 Å². The quantitative estimate of drug-likeness (QED) is 0.162. The lowest BCUT2D eigenvalue weighted by atomic mass is 9.98. The van der Waals surface area contributed by atoms with Crippen molar-refractivity contribution in [1.29, 1.82) is 0 Å². The normalized spacial score (nSPS) is 10.1. The number of hydrogen-bond donors (Lipinski definition) is 0. The summed E-state index contributed by atoms with van der Waals surface area (Å²) in [4.78, 5) is 0. The fourth-order valence-corrected chi connectivity index (χ4v) is 8.07. The van der Waals surface area contributed by atoms with Gasteiger partial charge in [0, 0.05) is 0 Å². The van der Waals surface area contributed by atoms with Crippen LogP contribution in [0.3, 0.4) is 0 Å². The van der Waals surface area contributed by atoms with E-state index in [2.05, 4.69) is 295 Å². The third kappa shape index (κ3) is 14.8. The lowest BCUT2D eigenvalue weighted by molar-refractivity contribution is 1.46. The number of hydrogen-bond acceptors (Lipinski definition) is 0. The first-order valence-electron chi connectivity index (χ1n) is 23.8. The standard InChI is InChI=1S/C19H16.3C13H12.C11H10/c1-15-7-5-10-17(13-15)19-12-6-11-18(14-19)16-8-3-2-4-9-16;1-11-7-5-6-10-13(11)12-8-3-2-4-9-12;1-11-6-5-9-13(10-11)12-7-3-2-4-8-12;1-11-7-9-13(10-8-11)12-5-3-2-4-6-12;1-9-5-4-7-10-6-2-3-8-11(9)10/h2-14H,1H3;3*2-10H,1H3;2-8H,1H3. The van der Waals surface area contributed by atoms with Crippen LogP contribution in [-0.2, 0) is 0 Å². The summed E-state index contributed by atoms with van der Waals surface area (Å²) in [5.74, 6) is 0. The van der Waals surface area contributed by atoms with Crippen LogP contribution in [0.1, 0.15) is 27.8 Å². The molecular formula is C69H62. The summed E-state index contributed by atoms with van der Waals surface area (Å²) >= 11 is 0. The molecule has 0 nitrogen and oxygen atoms in total. The Balaban J connectivity index is 0.000000129. The lowest BCUT2D eigenvalue weighted by Crippen LogP contribution is -1.82. The van der Waals surface area contributed by atoms with Gasteiger partial charge in [0.25, 0.3) is 0 Å². The van der Waals surface area contributed by atoms with Gasteiger partial charge in [0.2, 0.25) is 0 Å². The second-order valence-electron chi connectivity index (χ2n) is 17.3.